The van der Waals surface area contributed by atoms with E-state index in [0.29, 0.717) is 37.0 Å². The summed E-state index contributed by atoms with van der Waals surface area (Å²) in [6.45, 7) is 9.30. The first-order valence-electron chi connectivity index (χ1n) is 8.87. The van der Waals surface area contributed by atoms with Crippen LogP contribution in [0, 0.1) is 25.7 Å². The van der Waals surface area contributed by atoms with Gasteiger partial charge in [-0.05, 0) is 56.1 Å². The number of nitrogens with one attached hydrogen (secondary N) is 1. The molecule has 7 heteroatoms. The molecule has 1 unspecified atom stereocenters. The van der Waals surface area contributed by atoms with Gasteiger partial charge in [0, 0.05) is 32.1 Å². The van der Waals surface area contributed by atoms with Gasteiger partial charge in [0.15, 0.2) is 0 Å². The number of benzene rings is 1. The van der Waals surface area contributed by atoms with Crippen LogP contribution in [0.4, 0.5) is 0 Å². The summed E-state index contributed by atoms with van der Waals surface area (Å²) in [6.07, 6.45) is 0. The van der Waals surface area contributed by atoms with Crippen molar-refractivity contribution in [2.24, 2.45) is 11.8 Å². The van der Waals surface area contributed by atoms with E-state index in [1.54, 1.807) is 12.1 Å². The molecule has 138 valence electrons. The van der Waals surface area contributed by atoms with E-state index >= 15 is 0 Å². The van der Waals surface area contributed by atoms with E-state index in [9.17, 15) is 13.2 Å². The highest BCUT2D eigenvalue weighted by Gasteiger charge is 2.35. The van der Waals surface area contributed by atoms with Crippen LogP contribution in [0.2, 0.25) is 0 Å². The molecule has 3 rings (SSSR count). The number of piperazine rings is 1. The molecule has 0 aromatic heterocycles. The minimum atomic E-state index is -3.50. The molecular formula is C18H27N3O3S. The molecule has 1 aromatic rings. The van der Waals surface area contributed by atoms with Gasteiger partial charge in [-0.25, -0.2) is 8.42 Å². The highest BCUT2D eigenvalue weighted by Crippen LogP contribution is 2.23. The van der Waals surface area contributed by atoms with Crippen LogP contribution in [0.5, 0.6) is 0 Å². The average Bonchev–Trinajstić information content (AvgIpc) is 2.55. The Kier molecular flexibility index (Phi) is 5.18. The summed E-state index contributed by atoms with van der Waals surface area (Å²) in [5, 5.41) is 3.20. The molecule has 2 fully saturated rings. The monoisotopic (exact) mass is 365 g/mol. The predicted molar refractivity (Wildman–Crippen MR) is 96.8 cm³/mol. The first kappa shape index (κ1) is 18.4. The molecule has 0 spiro atoms. The van der Waals surface area contributed by atoms with Gasteiger partial charge in [0.1, 0.15) is 0 Å². The zero-order chi connectivity index (χ0) is 18.2. The van der Waals surface area contributed by atoms with Gasteiger partial charge in [-0.1, -0.05) is 13.0 Å². The Labute approximate surface area is 150 Å². The minimum absolute atomic E-state index is 0.00385. The number of carbonyl (C=O) groups excluding carboxylic acids is 1. The first-order valence-corrected chi connectivity index (χ1v) is 10.3. The van der Waals surface area contributed by atoms with Crippen molar-refractivity contribution in [2.45, 2.75) is 25.7 Å². The number of amides is 1. The van der Waals surface area contributed by atoms with E-state index in [4.69, 9.17) is 0 Å². The van der Waals surface area contributed by atoms with Crippen molar-refractivity contribution in [3.05, 3.63) is 29.3 Å². The zero-order valence-corrected chi connectivity index (χ0v) is 16.0. The molecular weight excluding hydrogens is 338 g/mol. The van der Waals surface area contributed by atoms with E-state index in [2.05, 4.69) is 5.32 Å². The van der Waals surface area contributed by atoms with Crippen molar-refractivity contribution in [2.75, 3.05) is 39.3 Å². The van der Waals surface area contributed by atoms with Crippen LogP contribution >= 0.6 is 0 Å². The van der Waals surface area contributed by atoms with Gasteiger partial charge < -0.3 is 10.2 Å². The van der Waals surface area contributed by atoms with Gasteiger partial charge >= 0.3 is 0 Å². The zero-order valence-electron chi connectivity index (χ0n) is 15.2. The lowest BCUT2D eigenvalue weighted by molar-refractivity contribution is -0.138. The maximum atomic E-state index is 12.8. The van der Waals surface area contributed by atoms with Crippen LogP contribution in [0.15, 0.2) is 23.1 Å². The average molecular weight is 365 g/mol. The van der Waals surface area contributed by atoms with Crippen LogP contribution < -0.4 is 5.32 Å². The van der Waals surface area contributed by atoms with E-state index in [-0.39, 0.29) is 11.8 Å². The van der Waals surface area contributed by atoms with E-state index in [0.717, 1.165) is 24.2 Å². The van der Waals surface area contributed by atoms with Gasteiger partial charge in [0.05, 0.1) is 4.90 Å². The number of carbonyl (C=O) groups is 1. The molecule has 1 atom stereocenters. The number of hydrogen-bond acceptors (Lipinski definition) is 4. The maximum absolute atomic E-state index is 12.8. The fourth-order valence-electron chi connectivity index (χ4n) is 3.33. The Hall–Kier alpha value is -1.44. The molecule has 2 aliphatic heterocycles. The van der Waals surface area contributed by atoms with Crippen molar-refractivity contribution < 1.29 is 13.2 Å². The Morgan fingerprint density at radius 3 is 2.28 bits per heavy atom. The third kappa shape index (κ3) is 3.59. The molecule has 2 heterocycles. The lowest BCUT2D eigenvalue weighted by Crippen LogP contribution is -2.55. The minimum Gasteiger partial charge on any atom is -0.340 e. The predicted octanol–water partition coefficient (Wildman–Crippen LogP) is 0.992. The summed E-state index contributed by atoms with van der Waals surface area (Å²) in [5.41, 5.74) is 2.05. The fraction of sp³-hybridized carbons (Fsp3) is 0.611. The largest absolute Gasteiger partial charge is 0.340 e. The quantitative estimate of drug-likeness (QED) is 0.864. The molecule has 0 radical (unpaired) electrons. The van der Waals surface area contributed by atoms with Crippen molar-refractivity contribution in [1.82, 2.24) is 14.5 Å². The van der Waals surface area contributed by atoms with Crippen molar-refractivity contribution in [1.29, 1.82) is 0 Å². The highest BCUT2D eigenvalue weighted by atomic mass is 32.2. The van der Waals surface area contributed by atoms with Crippen molar-refractivity contribution in [3.63, 3.8) is 0 Å². The SMILES string of the molecule is Cc1ccc(S(=O)(=O)N2CCN(C(=O)C(C)C3CNC3)CC2)cc1C. The van der Waals surface area contributed by atoms with Crippen LogP contribution in [-0.2, 0) is 14.8 Å². The molecule has 25 heavy (non-hydrogen) atoms. The second-order valence-corrected chi connectivity index (χ2v) is 9.12. The molecule has 2 saturated heterocycles. The summed E-state index contributed by atoms with van der Waals surface area (Å²) >= 11 is 0. The second kappa shape index (κ2) is 7.05. The van der Waals surface area contributed by atoms with Gasteiger partial charge in [0.2, 0.25) is 15.9 Å². The topological polar surface area (TPSA) is 69.7 Å². The van der Waals surface area contributed by atoms with Crippen molar-refractivity contribution >= 4 is 15.9 Å². The Balaban J connectivity index is 1.64. The summed E-state index contributed by atoms with van der Waals surface area (Å²) in [5.74, 6) is 0.559. The van der Waals surface area contributed by atoms with Crippen LogP contribution in [-0.4, -0.2) is 62.8 Å². The van der Waals surface area contributed by atoms with Crippen LogP contribution in [0.1, 0.15) is 18.1 Å². The van der Waals surface area contributed by atoms with Crippen LogP contribution in [0.25, 0.3) is 0 Å². The smallest absolute Gasteiger partial charge is 0.243 e. The van der Waals surface area contributed by atoms with E-state index in [1.807, 2.05) is 31.7 Å². The van der Waals surface area contributed by atoms with Gasteiger partial charge in [-0.2, -0.15) is 4.31 Å². The number of sulfonamides is 1. The molecule has 0 saturated carbocycles. The third-order valence-corrected chi connectivity index (χ3v) is 7.47. The first-order chi connectivity index (χ1) is 11.8. The Morgan fingerprint density at radius 1 is 1.12 bits per heavy atom. The standard InChI is InChI=1S/C18H27N3O3S/c1-13-4-5-17(10-14(13)2)25(23,24)21-8-6-20(7-9-21)18(22)15(3)16-11-19-12-16/h4-5,10,15-16,19H,6-9,11-12H2,1-3H3. The number of aryl methyl sites for hydroxylation is 2. The van der Waals surface area contributed by atoms with E-state index < -0.39 is 10.0 Å². The van der Waals surface area contributed by atoms with Gasteiger partial charge in [-0.15, -0.1) is 0 Å². The van der Waals surface area contributed by atoms with E-state index in [1.165, 1.54) is 4.31 Å². The summed E-state index contributed by atoms with van der Waals surface area (Å²) in [7, 11) is -3.50. The second-order valence-electron chi connectivity index (χ2n) is 7.18. The lowest BCUT2D eigenvalue weighted by Gasteiger charge is -2.38. The summed E-state index contributed by atoms with van der Waals surface area (Å²) in [4.78, 5) is 14.7. The van der Waals surface area contributed by atoms with Gasteiger partial charge in [-0.3, -0.25) is 4.79 Å². The molecule has 6 nitrogen and oxygen atoms in total. The van der Waals surface area contributed by atoms with Crippen molar-refractivity contribution in [3.8, 4) is 0 Å². The molecule has 1 aromatic carbocycles. The Morgan fingerprint density at radius 2 is 1.76 bits per heavy atom. The normalized spacial score (nSPS) is 21.0. The number of nitrogens with zero attached hydrogens (tertiary/aromatic N) is 2. The molecule has 1 amide bonds. The molecule has 2 aliphatic rings. The summed E-state index contributed by atoms with van der Waals surface area (Å²) in [6, 6.07) is 5.24. The molecule has 0 aliphatic carbocycles. The summed E-state index contributed by atoms with van der Waals surface area (Å²) < 4.78 is 27.2. The molecule has 1 N–H and O–H groups in total. The maximum Gasteiger partial charge on any atom is 0.243 e. The van der Waals surface area contributed by atoms with Crippen LogP contribution in [0.3, 0.4) is 0 Å². The highest BCUT2D eigenvalue weighted by molar-refractivity contribution is 7.89. The Bertz CT molecular complexity index is 751. The van der Waals surface area contributed by atoms with Gasteiger partial charge in [0.25, 0.3) is 0 Å². The lowest BCUT2D eigenvalue weighted by atomic mass is 9.88. The number of hydrogen-bond donors (Lipinski definition) is 1. The third-order valence-electron chi connectivity index (χ3n) is 5.58. The fourth-order valence-corrected chi connectivity index (χ4v) is 4.83. The number of rotatable bonds is 4. The molecule has 0 bridgehead atoms.